The molecule has 0 spiro atoms. The van der Waals surface area contributed by atoms with E-state index in [0.29, 0.717) is 0 Å². The summed E-state index contributed by atoms with van der Waals surface area (Å²) < 4.78 is 16.4. The summed E-state index contributed by atoms with van der Waals surface area (Å²) in [5.41, 5.74) is 7.74. The Morgan fingerprint density at radius 3 is 1.91 bits per heavy atom. The molecule has 0 aromatic heterocycles. The molecule has 4 aromatic rings. The fourth-order valence-corrected chi connectivity index (χ4v) is 5.16. The molecule has 4 aromatic carbocycles. The minimum Gasteiger partial charge on any atom is -0.497 e. The standard InChI is InChI=1S/C31H30O4/c1-33-23-8-6-7-20(14-23)13-21-11-12-27-29(18-22-15-24(34-2)19-25(16-22)35-3)26-9-4-5-10-28(26)31(32)30(27)17-21/h4-12,14-17,19,29,31-32H,13,18H2,1-3H3. The highest BCUT2D eigenvalue weighted by atomic mass is 16.5. The molecule has 4 nitrogen and oxygen atoms in total. The van der Waals surface area contributed by atoms with E-state index in [0.717, 1.165) is 63.5 Å². The van der Waals surface area contributed by atoms with Crippen LogP contribution in [0.3, 0.4) is 0 Å². The molecule has 0 aliphatic heterocycles. The zero-order valence-corrected chi connectivity index (χ0v) is 20.3. The molecule has 1 N–H and O–H groups in total. The molecular formula is C31H30O4. The van der Waals surface area contributed by atoms with Gasteiger partial charge in [-0.2, -0.15) is 0 Å². The Morgan fingerprint density at radius 1 is 0.571 bits per heavy atom. The molecule has 0 heterocycles. The lowest BCUT2D eigenvalue weighted by Crippen LogP contribution is -2.20. The fraction of sp³-hybridized carbons (Fsp3) is 0.226. The minimum atomic E-state index is -0.650. The number of hydrogen-bond donors (Lipinski definition) is 1. The molecule has 4 heteroatoms. The van der Waals surface area contributed by atoms with Gasteiger partial charge in [-0.05, 0) is 76.1 Å². The van der Waals surface area contributed by atoms with Gasteiger partial charge in [0.15, 0.2) is 0 Å². The van der Waals surface area contributed by atoms with Gasteiger partial charge in [0.25, 0.3) is 0 Å². The number of benzene rings is 4. The first-order chi connectivity index (χ1) is 17.1. The van der Waals surface area contributed by atoms with Crippen LogP contribution in [0.25, 0.3) is 0 Å². The Balaban J connectivity index is 1.54. The fourth-order valence-electron chi connectivity index (χ4n) is 5.16. The van der Waals surface area contributed by atoms with Crippen molar-refractivity contribution in [2.45, 2.75) is 24.9 Å². The van der Waals surface area contributed by atoms with Gasteiger partial charge in [-0.25, -0.2) is 0 Å². The molecule has 1 aliphatic carbocycles. The van der Waals surface area contributed by atoms with Crippen LogP contribution in [-0.2, 0) is 12.8 Å². The number of methoxy groups -OCH3 is 3. The lowest BCUT2D eigenvalue weighted by molar-refractivity contribution is 0.213. The van der Waals surface area contributed by atoms with Crippen LogP contribution in [0.4, 0.5) is 0 Å². The van der Waals surface area contributed by atoms with Crippen molar-refractivity contribution in [3.8, 4) is 17.2 Å². The molecule has 5 rings (SSSR count). The maximum atomic E-state index is 11.4. The van der Waals surface area contributed by atoms with Crippen molar-refractivity contribution in [1.29, 1.82) is 0 Å². The number of aliphatic hydroxyl groups is 1. The Kier molecular flexibility index (Phi) is 6.47. The molecule has 0 bridgehead atoms. The predicted molar refractivity (Wildman–Crippen MR) is 138 cm³/mol. The van der Waals surface area contributed by atoms with Gasteiger partial charge >= 0.3 is 0 Å². The second-order valence-corrected chi connectivity index (χ2v) is 9.00. The highest BCUT2D eigenvalue weighted by Crippen LogP contribution is 2.44. The summed E-state index contributed by atoms with van der Waals surface area (Å²) in [5.74, 6) is 2.52. The smallest absolute Gasteiger partial charge is 0.122 e. The van der Waals surface area contributed by atoms with Crippen LogP contribution < -0.4 is 14.2 Å². The highest BCUT2D eigenvalue weighted by Gasteiger charge is 2.31. The van der Waals surface area contributed by atoms with Crippen LogP contribution in [0, 0.1) is 0 Å². The quantitative estimate of drug-likeness (QED) is 0.359. The summed E-state index contributed by atoms with van der Waals surface area (Å²) in [5, 5.41) is 11.4. The predicted octanol–water partition coefficient (Wildman–Crippen LogP) is 6.07. The molecule has 178 valence electrons. The van der Waals surface area contributed by atoms with E-state index in [1.54, 1.807) is 21.3 Å². The minimum absolute atomic E-state index is 0.118. The number of rotatable bonds is 7. The number of fused-ring (bicyclic) bond motifs is 2. The van der Waals surface area contributed by atoms with Gasteiger partial charge < -0.3 is 19.3 Å². The van der Waals surface area contributed by atoms with E-state index < -0.39 is 6.10 Å². The Bertz CT molecular complexity index is 1320. The van der Waals surface area contributed by atoms with Gasteiger partial charge in [-0.15, -0.1) is 0 Å². The van der Waals surface area contributed by atoms with E-state index in [-0.39, 0.29) is 5.92 Å². The van der Waals surface area contributed by atoms with Gasteiger partial charge in [0.05, 0.1) is 21.3 Å². The monoisotopic (exact) mass is 466 g/mol. The van der Waals surface area contributed by atoms with Crippen molar-refractivity contribution in [2.24, 2.45) is 0 Å². The van der Waals surface area contributed by atoms with Gasteiger partial charge in [0, 0.05) is 12.0 Å². The first-order valence-electron chi connectivity index (χ1n) is 11.8. The van der Waals surface area contributed by atoms with Crippen LogP contribution in [0.1, 0.15) is 51.0 Å². The third kappa shape index (κ3) is 4.62. The third-order valence-corrected chi connectivity index (χ3v) is 6.88. The van der Waals surface area contributed by atoms with Crippen LogP contribution in [-0.4, -0.2) is 26.4 Å². The Hall–Kier alpha value is -3.76. The van der Waals surface area contributed by atoms with Crippen molar-refractivity contribution >= 4 is 0 Å². The van der Waals surface area contributed by atoms with Crippen molar-refractivity contribution in [3.63, 3.8) is 0 Å². The summed E-state index contributed by atoms with van der Waals surface area (Å²) in [7, 11) is 5.03. The summed E-state index contributed by atoms with van der Waals surface area (Å²) in [6.07, 6.45) is 0.901. The van der Waals surface area contributed by atoms with E-state index in [1.165, 1.54) is 5.56 Å². The van der Waals surface area contributed by atoms with Gasteiger partial charge in [0.1, 0.15) is 23.4 Å². The van der Waals surface area contributed by atoms with Crippen LogP contribution in [0.2, 0.25) is 0 Å². The van der Waals surface area contributed by atoms with E-state index >= 15 is 0 Å². The normalized spacial score (nSPS) is 16.2. The lowest BCUT2D eigenvalue weighted by Gasteiger charge is -2.32. The summed E-state index contributed by atoms with van der Waals surface area (Å²) in [6.45, 7) is 0. The Morgan fingerprint density at radius 2 is 1.20 bits per heavy atom. The first-order valence-corrected chi connectivity index (χ1v) is 11.8. The van der Waals surface area contributed by atoms with E-state index in [2.05, 4.69) is 48.5 Å². The lowest BCUT2D eigenvalue weighted by atomic mass is 9.73. The molecule has 1 aliphatic rings. The molecular weight excluding hydrogens is 436 g/mol. The second-order valence-electron chi connectivity index (χ2n) is 9.00. The largest absolute Gasteiger partial charge is 0.497 e. The molecule has 2 atom stereocenters. The van der Waals surface area contributed by atoms with Crippen LogP contribution in [0.5, 0.6) is 17.2 Å². The van der Waals surface area contributed by atoms with Crippen molar-refractivity contribution in [1.82, 2.24) is 0 Å². The van der Waals surface area contributed by atoms with E-state index in [4.69, 9.17) is 14.2 Å². The molecule has 0 saturated carbocycles. The highest BCUT2D eigenvalue weighted by molar-refractivity contribution is 5.54. The topological polar surface area (TPSA) is 47.9 Å². The molecule has 0 radical (unpaired) electrons. The summed E-state index contributed by atoms with van der Waals surface area (Å²) >= 11 is 0. The number of hydrogen-bond acceptors (Lipinski definition) is 4. The average molecular weight is 467 g/mol. The maximum absolute atomic E-state index is 11.4. The number of ether oxygens (including phenoxy) is 3. The molecule has 2 unspecified atom stereocenters. The summed E-state index contributed by atoms with van der Waals surface area (Å²) in [4.78, 5) is 0. The molecule has 0 amide bonds. The second kappa shape index (κ2) is 9.85. The zero-order chi connectivity index (χ0) is 24.4. The molecule has 0 fully saturated rings. The zero-order valence-electron chi connectivity index (χ0n) is 20.3. The third-order valence-electron chi connectivity index (χ3n) is 6.88. The van der Waals surface area contributed by atoms with Gasteiger partial charge in [-0.1, -0.05) is 54.6 Å². The Labute approximate surface area is 206 Å². The molecule has 35 heavy (non-hydrogen) atoms. The maximum Gasteiger partial charge on any atom is 0.122 e. The SMILES string of the molecule is COc1cccc(Cc2ccc3c(c2)C(O)c2ccccc2C3Cc2cc(OC)cc(OC)c2)c1. The van der Waals surface area contributed by atoms with Crippen molar-refractivity contribution in [3.05, 3.63) is 124 Å². The van der Waals surface area contributed by atoms with Crippen molar-refractivity contribution < 1.29 is 19.3 Å². The van der Waals surface area contributed by atoms with E-state index in [1.807, 2.05) is 36.4 Å². The van der Waals surface area contributed by atoms with Crippen molar-refractivity contribution in [2.75, 3.05) is 21.3 Å². The summed E-state index contributed by atoms with van der Waals surface area (Å²) in [6, 6.07) is 28.9. The number of aliphatic hydroxyl groups excluding tert-OH is 1. The first kappa shape index (κ1) is 23.0. The van der Waals surface area contributed by atoms with Crippen LogP contribution >= 0.6 is 0 Å². The molecule has 0 saturated heterocycles. The van der Waals surface area contributed by atoms with E-state index in [9.17, 15) is 5.11 Å². The van der Waals surface area contributed by atoms with Gasteiger partial charge in [0.2, 0.25) is 0 Å². The van der Waals surface area contributed by atoms with Crippen LogP contribution in [0.15, 0.2) is 84.9 Å². The van der Waals surface area contributed by atoms with Gasteiger partial charge in [-0.3, -0.25) is 0 Å². The average Bonchev–Trinajstić information content (AvgIpc) is 2.91.